The molecule has 2 aromatic carbocycles. The van der Waals surface area contributed by atoms with Gasteiger partial charge in [-0.1, -0.05) is 19.2 Å². The van der Waals surface area contributed by atoms with E-state index < -0.39 is 12.1 Å². The lowest BCUT2D eigenvalue weighted by Crippen LogP contribution is -2.14. The Morgan fingerprint density at radius 3 is 1.39 bits per heavy atom. The number of carbonyl (C=O) groups excluding carboxylic acids is 2. The molecule has 0 saturated carbocycles. The van der Waals surface area contributed by atoms with E-state index in [-0.39, 0.29) is 6.61 Å². The molecule has 0 aromatic heterocycles. The van der Waals surface area contributed by atoms with E-state index in [1.165, 1.54) is 6.08 Å². The van der Waals surface area contributed by atoms with E-state index in [1.807, 2.05) is 55.4 Å². The fraction of sp³-hybridized carbons (Fsp3) is 0.357. The molecule has 5 nitrogen and oxygen atoms in total. The average Bonchev–Trinajstić information content (AvgIpc) is 2.77. The van der Waals surface area contributed by atoms with Crippen molar-refractivity contribution in [3.63, 3.8) is 0 Å². The Morgan fingerprint density at radius 1 is 0.697 bits per heavy atom. The average molecular weight is 451 g/mol. The normalized spacial score (nSPS) is 10.6. The Bertz CT molecular complexity index is 1110. The Balaban J connectivity index is 2.73. The minimum Gasteiger partial charge on any atom is -0.430 e. The van der Waals surface area contributed by atoms with Gasteiger partial charge in [-0.05, 0) is 118 Å². The molecule has 0 aliphatic rings. The smallest absolute Gasteiger partial charge is 0.430 e. The number of hydrogen-bond donors (Lipinski definition) is 0. The molecule has 0 fully saturated rings. The van der Waals surface area contributed by atoms with Crippen molar-refractivity contribution in [3.05, 3.63) is 69.3 Å². The van der Waals surface area contributed by atoms with Crippen LogP contribution in [0.25, 0.3) is 11.1 Å². The van der Waals surface area contributed by atoms with Crippen molar-refractivity contribution < 1.29 is 23.8 Å². The maximum atomic E-state index is 12.2. The SMILES string of the molecule is C=CCOC(=O)Oc1c(C)c(C)c(-c2c(C)c(C)c(OC(=O)C(=C)C)c(C)c2C)c(C)c1C. The number of benzene rings is 2. The zero-order valence-corrected chi connectivity index (χ0v) is 21.2. The van der Waals surface area contributed by atoms with Crippen molar-refractivity contribution in [2.45, 2.75) is 62.3 Å². The molecule has 0 radical (unpaired) electrons. The van der Waals surface area contributed by atoms with E-state index >= 15 is 0 Å². The Labute approximate surface area is 197 Å². The number of carbonyl (C=O) groups is 2. The first-order valence-corrected chi connectivity index (χ1v) is 10.9. The highest BCUT2D eigenvalue weighted by molar-refractivity contribution is 5.90. The van der Waals surface area contributed by atoms with Gasteiger partial charge in [-0.15, -0.1) is 0 Å². The molecule has 2 aromatic rings. The highest BCUT2D eigenvalue weighted by Crippen LogP contribution is 2.44. The maximum absolute atomic E-state index is 12.2. The first kappa shape index (κ1) is 25.9. The first-order valence-electron chi connectivity index (χ1n) is 10.9. The van der Waals surface area contributed by atoms with Crippen molar-refractivity contribution >= 4 is 12.1 Å². The molecule has 0 bridgehead atoms. The van der Waals surface area contributed by atoms with Crippen molar-refractivity contribution in [1.29, 1.82) is 0 Å². The summed E-state index contributed by atoms with van der Waals surface area (Å²) in [6, 6.07) is 0. The van der Waals surface area contributed by atoms with E-state index in [1.54, 1.807) is 6.92 Å². The van der Waals surface area contributed by atoms with E-state index in [0.717, 1.165) is 55.6 Å². The molecule has 0 unspecified atom stereocenters. The fourth-order valence-corrected chi connectivity index (χ4v) is 4.03. The number of hydrogen-bond acceptors (Lipinski definition) is 5. The Hall–Kier alpha value is -3.34. The maximum Gasteiger partial charge on any atom is 0.514 e. The molecular weight excluding hydrogens is 416 g/mol. The van der Waals surface area contributed by atoms with Crippen LogP contribution in [0.2, 0.25) is 0 Å². The summed E-state index contributed by atoms with van der Waals surface area (Å²) in [6.07, 6.45) is 0.740. The van der Waals surface area contributed by atoms with Gasteiger partial charge in [0.05, 0.1) is 0 Å². The molecule has 0 N–H and O–H groups in total. The summed E-state index contributed by atoms with van der Waals surface area (Å²) in [6.45, 7) is 24.9. The van der Waals surface area contributed by atoms with Gasteiger partial charge >= 0.3 is 12.1 Å². The molecule has 2 rings (SSSR count). The zero-order valence-electron chi connectivity index (χ0n) is 21.2. The van der Waals surface area contributed by atoms with E-state index in [4.69, 9.17) is 14.2 Å². The monoisotopic (exact) mass is 450 g/mol. The van der Waals surface area contributed by atoms with Crippen LogP contribution in [0.5, 0.6) is 11.5 Å². The quantitative estimate of drug-likeness (QED) is 0.156. The summed E-state index contributed by atoms with van der Waals surface area (Å²) in [5, 5.41) is 0. The van der Waals surface area contributed by atoms with Gasteiger partial charge in [-0.25, -0.2) is 9.59 Å². The molecule has 33 heavy (non-hydrogen) atoms. The van der Waals surface area contributed by atoms with Gasteiger partial charge in [0.2, 0.25) is 0 Å². The van der Waals surface area contributed by atoms with Crippen LogP contribution in [0, 0.1) is 55.4 Å². The number of rotatable bonds is 6. The lowest BCUT2D eigenvalue weighted by atomic mass is 9.82. The second-order valence-corrected chi connectivity index (χ2v) is 8.53. The standard InChI is InChI=1S/C28H34O5/c1-12-13-31-28(30)33-26-21(10)17(6)24(18(7)22(26)11)23-15(4)19(8)25(20(9)16(23)5)32-27(29)14(2)3/h12H,1-2,13H2,3-11H3. The largest absolute Gasteiger partial charge is 0.514 e. The lowest BCUT2D eigenvalue weighted by Gasteiger charge is -2.25. The van der Waals surface area contributed by atoms with Gasteiger partial charge in [0.25, 0.3) is 0 Å². The summed E-state index contributed by atoms with van der Waals surface area (Å²) < 4.78 is 16.2. The van der Waals surface area contributed by atoms with Gasteiger partial charge in [-0.3, -0.25) is 0 Å². The van der Waals surface area contributed by atoms with Crippen LogP contribution in [0.3, 0.4) is 0 Å². The summed E-state index contributed by atoms with van der Waals surface area (Å²) in [7, 11) is 0. The second-order valence-electron chi connectivity index (χ2n) is 8.53. The minimum absolute atomic E-state index is 0.0895. The summed E-state index contributed by atoms with van der Waals surface area (Å²) in [5.41, 5.74) is 10.2. The third-order valence-corrected chi connectivity index (χ3v) is 6.41. The number of ether oxygens (including phenoxy) is 3. The third-order valence-electron chi connectivity index (χ3n) is 6.41. The molecule has 0 aliphatic heterocycles. The first-order chi connectivity index (χ1) is 15.3. The molecular formula is C28H34O5. The molecule has 0 saturated heterocycles. The Kier molecular flexibility index (Phi) is 7.91. The van der Waals surface area contributed by atoms with E-state index in [2.05, 4.69) is 13.2 Å². The molecule has 0 spiro atoms. The molecule has 176 valence electrons. The fourth-order valence-electron chi connectivity index (χ4n) is 4.03. The second kappa shape index (κ2) is 10.1. The van der Waals surface area contributed by atoms with Gasteiger partial charge in [0.15, 0.2) is 0 Å². The molecule has 0 amide bonds. The van der Waals surface area contributed by atoms with Crippen molar-refractivity contribution in [3.8, 4) is 22.6 Å². The van der Waals surface area contributed by atoms with Crippen LogP contribution in [0.1, 0.15) is 51.4 Å². The van der Waals surface area contributed by atoms with Crippen LogP contribution in [-0.4, -0.2) is 18.7 Å². The predicted octanol–water partition coefficient (Wildman–Crippen LogP) is 7.00. The number of esters is 1. The topological polar surface area (TPSA) is 61.8 Å². The predicted molar refractivity (Wildman–Crippen MR) is 132 cm³/mol. The van der Waals surface area contributed by atoms with Crippen molar-refractivity contribution in [2.75, 3.05) is 6.61 Å². The molecule has 0 heterocycles. The molecule has 5 heteroatoms. The summed E-state index contributed by atoms with van der Waals surface area (Å²) in [4.78, 5) is 24.3. The molecule has 0 aliphatic carbocycles. The van der Waals surface area contributed by atoms with Gasteiger partial charge in [0.1, 0.15) is 18.1 Å². The van der Waals surface area contributed by atoms with Gasteiger partial charge in [-0.2, -0.15) is 0 Å². The van der Waals surface area contributed by atoms with Gasteiger partial charge < -0.3 is 14.2 Å². The van der Waals surface area contributed by atoms with Crippen LogP contribution in [0.15, 0.2) is 24.8 Å². The highest BCUT2D eigenvalue weighted by Gasteiger charge is 2.25. The zero-order chi connectivity index (χ0) is 25.2. The van der Waals surface area contributed by atoms with E-state index in [9.17, 15) is 9.59 Å². The highest BCUT2D eigenvalue weighted by atomic mass is 16.7. The minimum atomic E-state index is -0.754. The van der Waals surface area contributed by atoms with Crippen LogP contribution >= 0.6 is 0 Å². The summed E-state index contributed by atoms with van der Waals surface area (Å²) in [5.74, 6) is 0.658. The van der Waals surface area contributed by atoms with Crippen LogP contribution < -0.4 is 9.47 Å². The van der Waals surface area contributed by atoms with Crippen LogP contribution in [0.4, 0.5) is 4.79 Å². The van der Waals surface area contributed by atoms with Gasteiger partial charge in [0, 0.05) is 5.57 Å². The molecule has 0 atom stereocenters. The van der Waals surface area contributed by atoms with Crippen LogP contribution in [-0.2, 0) is 9.53 Å². The summed E-state index contributed by atoms with van der Waals surface area (Å²) >= 11 is 0. The van der Waals surface area contributed by atoms with Crippen molar-refractivity contribution in [2.24, 2.45) is 0 Å². The lowest BCUT2D eigenvalue weighted by molar-refractivity contribution is -0.130. The third kappa shape index (κ3) is 4.87. The Morgan fingerprint density at radius 2 is 1.06 bits per heavy atom. The van der Waals surface area contributed by atoms with E-state index in [0.29, 0.717) is 17.1 Å². The van der Waals surface area contributed by atoms with Crippen molar-refractivity contribution in [1.82, 2.24) is 0 Å².